The van der Waals surface area contributed by atoms with Crippen LogP contribution in [0.2, 0.25) is 0 Å². The van der Waals surface area contributed by atoms with Crippen molar-refractivity contribution < 1.29 is 6.85 Å². The first kappa shape index (κ1) is 31.8. The largest absolute Gasteiger partial charge is 0.310 e. The molecule has 300 valence electrons. The molecule has 1 unspecified atom stereocenters. The lowest BCUT2D eigenvalue weighted by molar-refractivity contribution is 0.793. The molecule has 1 atom stereocenters. The van der Waals surface area contributed by atoms with Crippen molar-refractivity contribution in [1.82, 2.24) is 0 Å². The lowest BCUT2D eigenvalue weighted by Crippen LogP contribution is -2.26. The van der Waals surface area contributed by atoms with Crippen molar-refractivity contribution in [2.75, 3.05) is 9.80 Å². The van der Waals surface area contributed by atoms with Crippen LogP contribution in [0.15, 0.2) is 243 Å². The van der Waals surface area contributed by atoms with Crippen LogP contribution in [0.1, 0.15) is 29.1 Å². The Labute approximate surface area is 384 Å². The fourth-order valence-corrected chi connectivity index (χ4v) is 11.6. The number of anilines is 6. The first-order valence-corrected chi connectivity index (χ1v) is 22.4. The van der Waals surface area contributed by atoms with E-state index < -0.39 is 11.5 Å². The SMILES string of the molecule is [2H]c1c([2H])c([2H])c(N(c2ccccc2)c2ccc3c(c2)C2(c4ccccc4-c4ccc(N(c5ccc6sc7ccccc7c6c5)c5ccccc5-c5ccccc5)cc42)c2ccccc2-3)c([2H])c1[2H]. The third kappa shape index (κ3) is 5.44. The summed E-state index contributed by atoms with van der Waals surface area (Å²) >= 11 is 1.82. The topological polar surface area (TPSA) is 6.48 Å². The van der Waals surface area contributed by atoms with Gasteiger partial charge in [-0.3, -0.25) is 0 Å². The van der Waals surface area contributed by atoms with E-state index in [0.29, 0.717) is 11.4 Å². The summed E-state index contributed by atoms with van der Waals surface area (Å²) in [7, 11) is 0. The molecule has 0 amide bonds. The highest BCUT2D eigenvalue weighted by Gasteiger charge is 2.52. The first-order valence-electron chi connectivity index (χ1n) is 24.1. The molecule has 0 bridgehead atoms. The number of benzene rings is 10. The molecule has 0 radical (unpaired) electrons. The second kappa shape index (κ2) is 14.6. The summed E-state index contributed by atoms with van der Waals surface area (Å²) in [4.78, 5) is 4.24. The summed E-state index contributed by atoms with van der Waals surface area (Å²) < 4.78 is 46.8. The molecule has 0 saturated carbocycles. The molecule has 0 saturated heterocycles. The summed E-state index contributed by atoms with van der Waals surface area (Å²) in [5.74, 6) is 0. The maximum absolute atomic E-state index is 9.21. The number of hydrogen-bond donors (Lipinski definition) is 0. The monoisotopic (exact) mass is 837 g/mol. The average molecular weight is 838 g/mol. The zero-order valence-corrected chi connectivity index (χ0v) is 35.3. The molecule has 11 aromatic rings. The Hall–Kier alpha value is -7.98. The number of para-hydroxylation sites is 3. The third-order valence-electron chi connectivity index (χ3n) is 13.1. The maximum Gasteiger partial charge on any atom is 0.0727 e. The molecule has 2 aliphatic carbocycles. The molecule has 1 spiro atoms. The van der Waals surface area contributed by atoms with Crippen LogP contribution in [-0.2, 0) is 5.41 Å². The summed E-state index contributed by atoms with van der Waals surface area (Å²) in [6.45, 7) is 0. The Kier molecular flexibility index (Phi) is 7.23. The molecule has 2 aliphatic rings. The molecule has 1 heterocycles. The number of fused-ring (bicyclic) bond motifs is 13. The number of thiophene rings is 1. The van der Waals surface area contributed by atoms with Crippen LogP contribution in [-0.4, -0.2) is 0 Å². The maximum atomic E-state index is 9.21. The van der Waals surface area contributed by atoms with Gasteiger partial charge >= 0.3 is 0 Å². The van der Waals surface area contributed by atoms with Crippen molar-refractivity contribution in [3.05, 3.63) is 265 Å². The van der Waals surface area contributed by atoms with Gasteiger partial charge in [0, 0.05) is 54.2 Å². The van der Waals surface area contributed by atoms with Crippen LogP contribution in [0.5, 0.6) is 0 Å². The van der Waals surface area contributed by atoms with Crippen LogP contribution in [0.25, 0.3) is 53.6 Å². The van der Waals surface area contributed by atoms with Crippen LogP contribution in [0, 0.1) is 0 Å². The fourth-order valence-electron chi connectivity index (χ4n) is 10.5. The van der Waals surface area contributed by atoms with Gasteiger partial charge in [0.1, 0.15) is 0 Å². The smallest absolute Gasteiger partial charge is 0.0727 e. The predicted molar refractivity (Wildman–Crippen MR) is 270 cm³/mol. The zero-order chi connectivity index (χ0) is 46.5. The molecular weight excluding hydrogens is 793 g/mol. The van der Waals surface area contributed by atoms with Gasteiger partial charge in [-0.05, 0) is 129 Å². The van der Waals surface area contributed by atoms with E-state index in [0.717, 1.165) is 72.7 Å². The summed E-state index contributed by atoms with van der Waals surface area (Å²) in [5.41, 5.74) is 15.0. The molecule has 0 N–H and O–H groups in total. The Balaban J connectivity index is 1.09. The molecule has 64 heavy (non-hydrogen) atoms. The van der Waals surface area contributed by atoms with Gasteiger partial charge in [-0.15, -0.1) is 11.3 Å². The van der Waals surface area contributed by atoms with Gasteiger partial charge < -0.3 is 9.80 Å². The molecule has 13 rings (SSSR count). The van der Waals surface area contributed by atoms with E-state index >= 15 is 0 Å². The fraction of sp³-hybridized carbons (Fsp3) is 0.0164. The summed E-state index contributed by atoms with van der Waals surface area (Å²) in [6.07, 6.45) is 0. The van der Waals surface area contributed by atoms with E-state index in [1.165, 1.54) is 20.2 Å². The Bertz CT molecular complexity index is 3850. The summed E-state index contributed by atoms with van der Waals surface area (Å²) in [6, 6.07) is 73.4. The Morgan fingerprint density at radius 1 is 0.344 bits per heavy atom. The summed E-state index contributed by atoms with van der Waals surface area (Å²) in [5, 5.41) is 2.45. The molecule has 0 aliphatic heterocycles. The predicted octanol–water partition coefficient (Wildman–Crippen LogP) is 17.0. The van der Waals surface area contributed by atoms with Gasteiger partial charge in [0.25, 0.3) is 0 Å². The normalized spacial score (nSPS) is 15.4. The average Bonchev–Trinajstić information content (AvgIpc) is 4.03. The zero-order valence-electron chi connectivity index (χ0n) is 39.5. The van der Waals surface area contributed by atoms with E-state index in [-0.39, 0.29) is 29.9 Å². The number of rotatable bonds is 7. The van der Waals surface area contributed by atoms with Gasteiger partial charge in [-0.25, -0.2) is 0 Å². The van der Waals surface area contributed by atoms with E-state index in [9.17, 15) is 2.74 Å². The first-order chi connectivity index (χ1) is 33.8. The van der Waals surface area contributed by atoms with Gasteiger partial charge in [-0.2, -0.15) is 0 Å². The second-order valence-corrected chi connectivity index (χ2v) is 17.5. The molecule has 0 fully saturated rings. The Morgan fingerprint density at radius 2 is 0.859 bits per heavy atom. The second-order valence-electron chi connectivity index (χ2n) is 16.4. The lowest BCUT2D eigenvalue weighted by atomic mass is 9.70. The van der Waals surface area contributed by atoms with E-state index in [4.69, 9.17) is 4.11 Å². The van der Waals surface area contributed by atoms with Gasteiger partial charge in [0.15, 0.2) is 0 Å². The van der Waals surface area contributed by atoms with Crippen molar-refractivity contribution in [3.8, 4) is 33.4 Å². The van der Waals surface area contributed by atoms with Crippen molar-refractivity contribution in [2.24, 2.45) is 0 Å². The molecule has 2 nitrogen and oxygen atoms in total. The minimum Gasteiger partial charge on any atom is -0.310 e. The van der Waals surface area contributed by atoms with Crippen LogP contribution in [0.3, 0.4) is 0 Å². The van der Waals surface area contributed by atoms with Crippen LogP contribution in [0.4, 0.5) is 34.1 Å². The molecular formula is C61H40N2S. The van der Waals surface area contributed by atoms with E-state index in [2.05, 4.69) is 181 Å². The standard InChI is InChI=1S/C61H40N2S/c1-4-18-41(19-5-1)47-24-12-16-30-58(47)63(44-34-37-60-53(38-44)52-27-13-17-31-59(52)64-60)46-33-36-51-49-26-11-15-29-55(49)61(57(51)40-46)54-28-14-10-25-48(54)50-35-32-45(39-56(50)61)62(42-20-6-2-7-21-42)43-22-8-3-9-23-43/h1-40H/i2D,6D,7D,20D,21D. The van der Waals surface area contributed by atoms with Crippen molar-refractivity contribution in [2.45, 2.75) is 5.41 Å². The lowest BCUT2D eigenvalue weighted by Gasteiger charge is -2.33. The number of nitrogens with zero attached hydrogens (tertiary/aromatic N) is 2. The quantitative estimate of drug-likeness (QED) is 0.158. The third-order valence-corrected chi connectivity index (χ3v) is 14.3. The highest BCUT2D eigenvalue weighted by Crippen LogP contribution is 2.64. The van der Waals surface area contributed by atoms with Crippen molar-refractivity contribution in [3.63, 3.8) is 0 Å². The molecule has 10 aromatic carbocycles. The minimum atomic E-state index is -0.788. The minimum absolute atomic E-state index is 0.0920. The Morgan fingerprint density at radius 3 is 1.56 bits per heavy atom. The highest BCUT2D eigenvalue weighted by molar-refractivity contribution is 7.25. The van der Waals surface area contributed by atoms with E-state index in [1.54, 1.807) is 0 Å². The van der Waals surface area contributed by atoms with Crippen LogP contribution < -0.4 is 9.80 Å². The molecule has 3 heteroatoms. The van der Waals surface area contributed by atoms with Gasteiger partial charge in [0.2, 0.25) is 0 Å². The van der Waals surface area contributed by atoms with Crippen molar-refractivity contribution >= 4 is 65.6 Å². The van der Waals surface area contributed by atoms with Gasteiger partial charge in [-0.1, -0.05) is 164 Å². The molecule has 1 aromatic heterocycles. The van der Waals surface area contributed by atoms with Gasteiger partial charge in [0.05, 0.1) is 18.0 Å². The number of hydrogen-bond acceptors (Lipinski definition) is 3. The van der Waals surface area contributed by atoms with Crippen molar-refractivity contribution in [1.29, 1.82) is 0 Å². The van der Waals surface area contributed by atoms with Crippen LogP contribution >= 0.6 is 11.3 Å². The highest BCUT2D eigenvalue weighted by atomic mass is 32.1. The van der Waals surface area contributed by atoms with E-state index in [1.807, 2.05) is 52.6 Å².